The number of aromatic nitrogens is 2. The van der Waals surface area contributed by atoms with Gasteiger partial charge in [-0.1, -0.05) is 6.07 Å². The first-order valence-corrected chi connectivity index (χ1v) is 6.55. The van der Waals surface area contributed by atoms with Gasteiger partial charge >= 0.3 is 0 Å². The average molecular weight is 259 g/mol. The zero-order valence-electron chi connectivity index (χ0n) is 12.0. The number of rotatable bonds is 5. The van der Waals surface area contributed by atoms with E-state index in [9.17, 15) is 0 Å². The van der Waals surface area contributed by atoms with E-state index >= 15 is 0 Å². The molecule has 2 rings (SSSR count). The van der Waals surface area contributed by atoms with Crippen LogP contribution >= 0.6 is 0 Å². The zero-order valence-corrected chi connectivity index (χ0v) is 12.0. The molecule has 0 atom stereocenters. The summed E-state index contributed by atoms with van der Waals surface area (Å²) in [5.41, 5.74) is 3.38. The predicted molar refractivity (Wildman–Crippen MR) is 77.7 cm³/mol. The highest BCUT2D eigenvalue weighted by atomic mass is 16.5. The number of nitrogens with one attached hydrogen (secondary N) is 1. The predicted octanol–water partition coefficient (Wildman–Crippen LogP) is 3.14. The molecule has 2 aromatic rings. The zero-order chi connectivity index (χ0) is 13.8. The van der Waals surface area contributed by atoms with Crippen LogP contribution in [-0.4, -0.2) is 16.7 Å². The maximum Gasteiger partial charge on any atom is 0.128 e. The Hall–Kier alpha value is -1.97. The van der Waals surface area contributed by atoms with Crippen LogP contribution in [0.5, 0.6) is 5.75 Å². The molecule has 0 radical (unpaired) electrons. The lowest BCUT2D eigenvalue weighted by Crippen LogP contribution is -2.08. The summed E-state index contributed by atoms with van der Waals surface area (Å²) in [6.07, 6.45) is 3.84. The number of anilines is 1. The number of benzene rings is 1. The monoisotopic (exact) mass is 259 g/mol. The van der Waals surface area contributed by atoms with Gasteiger partial charge in [0.2, 0.25) is 0 Å². The number of imidazole rings is 1. The average Bonchev–Trinajstić information content (AvgIpc) is 2.86. The Morgan fingerprint density at radius 3 is 2.79 bits per heavy atom. The third-order valence-electron chi connectivity index (χ3n) is 3.39. The van der Waals surface area contributed by atoms with E-state index in [0.29, 0.717) is 6.54 Å². The van der Waals surface area contributed by atoms with Crippen molar-refractivity contribution >= 4 is 5.69 Å². The van der Waals surface area contributed by atoms with Gasteiger partial charge in [-0.3, -0.25) is 0 Å². The lowest BCUT2D eigenvalue weighted by molar-refractivity contribution is 0.409. The summed E-state index contributed by atoms with van der Waals surface area (Å²) >= 11 is 0. The van der Waals surface area contributed by atoms with Crippen molar-refractivity contribution in [1.29, 1.82) is 0 Å². The van der Waals surface area contributed by atoms with Gasteiger partial charge < -0.3 is 14.6 Å². The molecule has 1 aromatic carbocycles. The summed E-state index contributed by atoms with van der Waals surface area (Å²) < 4.78 is 7.57. The Labute approximate surface area is 114 Å². The van der Waals surface area contributed by atoms with E-state index in [-0.39, 0.29) is 0 Å². The molecule has 0 saturated carbocycles. The molecule has 0 saturated heterocycles. The number of methoxy groups -OCH3 is 1. The van der Waals surface area contributed by atoms with Crippen LogP contribution in [0.2, 0.25) is 0 Å². The molecule has 0 spiro atoms. The molecule has 4 nitrogen and oxygen atoms in total. The summed E-state index contributed by atoms with van der Waals surface area (Å²) in [5, 5.41) is 3.43. The SMILES string of the molecule is CCn1ccnc1CNc1ccc(C)c(OC)c1C. The Kier molecular flexibility index (Phi) is 4.10. The van der Waals surface area contributed by atoms with E-state index in [1.807, 2.05) is 12.4 Å². The van der Waals surface area contributed by atoms with Crippen molar-refractivity contribution in [3.05, 3.63) is 41.5 Å². The van der Waals surface area contributed by atoms with Gasteiger partial charge in [0.25, 0.3) is 0 Å². The Morgan fingerprint density at radius 2 is 2.11 bits per heavy atom. The minimum absolute atomic E-state index is 0.716. The second-order valence-corrected chi connectivity index (χ2v) is 4.57. The largest absolute Gasteiger partial charge is 0.496 e. The molecule has 19 heavy (non-hydrogen) atoms. The Balaban J connectivity index is 2.16. The van der Waals surface area contributed by atoms with Crippen molar-refractivity contribution in [2.24, 2.45) is 0 Å². The van der Waals surface area contributed by atoms with E-state index in [4.69, 9.17) is 4.74 Å². The molecular formula is C15H21N3O. The van der Waals surface area contributed by atoms with Gasteiger partial charge in [-0.15, -0.1) is 0 Å². The van der Waals surface area contributed by atoms with Crippen molar-refractivity contribution in [3.8, 4) is 5.75 Å². The first-order chi connectivity index (χ1) is 9.17. The topological polar surface area (TPSA) is 39.1 Å². The number of nitrogens with zero attached hydrogens (tertiary/aromatic N) is 2. The van der Waals surface area contributed by atoms with Crippen molar-refractivity contribution in [3.63, 3.8) is 0 Å². The highest BCUT2D eigenvalue weighted by molar-refractivity contribution is 5.59. The molecule has 0 amide bonds. The van der Waals surface area contributed by atoms with Crippen molar-refractivity contribution in [2.75, 3.05) is 12.4 Å². The van der Waals surface area contributed by atoms with E-state index in [2.05, 4.69) is 47.8 Å². The Morgan fingerprint density at radius 1 is 1.32 bits per heavy atom. The minimum atomic E-state index is 0.716. The fourth-order valence-corrected chi connectivity index (χ4v) is 2.30. The first kappa shape index (κ1) is 13.5. The highest BCUT2D eigenvalue weighted by Crippen LogP contribution is 2.29. The molecule has 1 heterocycles. The molecule has 0 aliphatic heterocycles. The molecule has 1 N–H and O–H groups in total. The van der Waals surface area contributed by atoms with Gasteiger partial charge in [0.05, 0.1) is 13.7 Å². The van der Waals surface area contributed by atoms with Crippen LogP contribution in [0.25, 0.3) is 0 Å². The smallest absolute Gasteiger partial charge is 0.128 e. The molecule has 102 valence electrons. The summed E-state index contributed by atoms with van der Waals surface area (Å²) in [5.74, 6) is 1.99. The molecule has 0 aliphatic carbocycles. The van der Waals surface area contributed by atoms with Crippen molar-refractivity contribution in [2.45, 2.75) is 33.9 Å². The van der Waals surface area contributed by atoms with Crippen LogP contribution in [0.3, 0.4) is 0 Å². The van der Waals surface area contributed by atoms with Gasteiger partial charge in [0, 0.05) is 30.2 Å². The third-order valence-corrected chi connectivity index (χ3v) is 3.39. The molecule has 1 aromatic heterocycles. The molecule has 0 aliphatic rings. The second kappa shape index (κ2) is 5.78. The normalized spacial score (nSPS) is 10.5. The van der Waals surface area contributed by atoms with Crippen LogP contribution in [-0.2, 0) is 13.1 Å². The number of hydrogen-bond donors (Lipinski definition) is 1. The standard InChI is InChI=1S/C15H21N3O/c1-5-18-9-8-16-14(18)10-17-13-7-6-11(2)15(19-4)12(13)3/h6-9,17H,5,10H2,1-4H3. The highest BCUT2D eigenvalue weighted by Gasteiger charge is 2.08. The van der Waals surface area contributed by atoms with Crippen molar-refractivity contribution in [1.82, 2.24) is 9.55 Å². The number of hydrogen-bond acceptors (Lipinski definition) is 3. The molecule has 0 unspecified atom stereocenters. The summed E-state index contributed by atoms with van der Waals surface area (Å²) in [4.78, 5) is 4.36. The fraction of sp³-hybridized carbons (Fsp3) is 0.400. The summed E-state index contributed by atoms with van der Waals surface area (Å²) in [6.45, 7) is 7.90. The van der Waals surface area contributed by atoms with Crippen LogP contribution in [0.4, 0.5) is 5.69 Å². The summed E-state index contributed by atoms with van der Waals surface area (Å²) in [6, 6.07) is 4.16. The first-order valence-electron chi connectivity index (χ1n) is 6.55. The fourth-order valence-electron chi connectivity index (χ4n) is 2.30. The summed E-state index contributed by atoms with van der Waals surface area (Å²) in [7, 11) is 1.71. The van der Waals surface area contributed by atoms with E-state index < -0.39 is 0 Å². The number of aryl methyl sites for hydroxylation is 2. The van der Waals surface area contributed by atoms with Gasteiger partial charge in [-0.25, -0.2) is 4.98 Å². The quantitative estimate of drug-likeness (QED) is 0.896. The lowest BCUT2D eigenvalue weighted by Gasteiger charge is -2.15. The molecule has 4 heteroatoms. The van der Waals surface area contributed by atoms with Crippen molar-refractivity contribution < 1.29 is 4.74 Å². The van der Waals surface area contributed by atoms with E-state index in [0.717, 1.165) is 34.9 Å². The van der Waals surface area contributed by atoms with Crippen LogP contribution in [0.1, 0.15) is 23.9 Å². The minimum Gasteiger partial charge on any atom is -0.496 e. The van der Waals surface area contributed by atoms with Gasteiger partial charge in [0.15, 0.2) is 0 Å². The molecule has 0 fully saturated rings. The maximum absolute atomic E-state index is 5.44. The van der Waals surface area contributed by atoms with Crippen LogP contribution in [0, 0.1) is 13.8 Å². The Bertz CT molecular complexity index is 561. The molecular weight excluding hydrogens is 238 g/mol. The maximum atomic E-state index is 5.44. The third kappa shape index (κ3) is 2.72. The number of ether oxygens (including phenoxy) is 1. The molecule has 0 bridgehead atoms. The van der Waals surface area contributed by atoms with Gasteiger partial charge in [-0.2, -0.15) is 0 Å². The van der Waals surface area contributed by atoms with E-state index in [1.54, 1.807) is 7.11 Å². The van der Waals surface area contributed by atoms with Crippen LogP contribution < -0.4 is 10.1 Å². The van der Waals surface area contributed by atoms with E-state index in [1.165, 1.54) is 0 Å². The van der Waals surface area contributed by atoms with Crippen LogP contribution in [0.15, 0.2) is 24.5 Å². The van der Waals surface area contributed by atoms with Gasteiger partial charge in [-0.05, 0) is 32.4 Å². The van der Waals surface area contributed by atoms with Gasteiger partial charge in [0.1, 0.15) is 11.6 Å². The lowest BCUT2D eigenvalue weighted by atomic mass is 10.1. The second-order valence-electron chi connectivity index (χ2n) is 4.57.